The SMILES string of the molecule is CC[C@]1(C)C[C@@](CC[NH2+]Cc2ccc(OC)cc2)(c2ccc(OC)cc2)CCO1. The van der Waals surface area contributed by atoms with Gasteiger partial charge in [-0.3, -0.25) is 0 Å². The Labute approximate surface area is 175 Å². The standard InChI is InChI=1S/C25H35NO3/c1-5-24(2)19-25(15-17-29-24,21-8-12-23(28-4)13-9-21)14-16-26-18-20-6-10-22(27-3)11-7-20/h6-13,26H,5,14-19H2,1-4H3/p+1/t24-,25+/m1/s1. The number of nitrogens with two attached hydrogens (primary N) is 1. The van der Waals surface area contributed by atoms with Crippen LogP contribution in [0, 0.1) is 0 Å². The van der Waals surface area contributed by atoms with Crippen molar-refractivity contribution in [2.24, 2.45) is 0 Å². The summed E-state index contributed by atoms with van der Waals surface area (Å²) in [7, 11) is 3.43. The van der Waals surface area contributed by atoms with E-state index in [0.717, 1.165) is 56.9 Å². The molecule has 0 amide bonds. The number of hydrogen-bond donors (Lipinski definition) is 1. The second-order valence-corrected chi connectivity index (χ2v) is 8.47. The molecule has 2 N–H and O–H groups in total. The van der Waals surface area contributed by atoms with Crippen molar-refractivity contribution < 1.29 is 19.5 Å². The first-order valence-corrected chi connectivity index (χ1v) is 10.8. The predicted molar refractivity (Wildman–Crippen MR) is 117 cm³/mol. The summed E-state index contributed by atoms with van der Waals surface area (Å²) < 4.78 is 16.8. The quantitative estimate of drug-likeness (QED) is 0.648. The van der Waals surface area contributed by atoms with Crippen LogP contribution in [0.2, 0.25) is 0 Å². The van der Waals surface area contributed by atoms with E-state index >= 15 is 0 Å². The Hall–Kier alpha value is -2.04. The monoisotopic (exact) mass is 398 g/mol. The van der Waals surface area contributed by atoms with Gasteiger partial charge in [0, 0.05) is 24.0 Å². The van der Waals surface area contributed by atoms with E-state index in [1.54, 1.807) is 14.2 Å². The summed E-state index contributed by atoms with van der Waals surface area (Å²) in [4.78, 5) is 0. The maximum atomic E-state index is 6.19. The van der Waals surface area contributed by atoms with Crippen LogP contribution in [0.3, 0.4) is 0 Å². The summed E-state index contributed by atoms with van der Waals surface area (Å²) in [5.41, 5.74) is 2.86. The zero-order chi connectivity index (χ0) is 20.7. The summed E-state index contributed by atoms with van der Waals surface area (Å²) in [6.45, 7) is 7.42. The van der Waals surface area contributed by atoms with E-state index in [1.807, 2.05) is 12.1 Å². The van der Waals surface area contributed by atoms with Gasteiger partial charge in [0.1, 0.15) is 18.0 Å². The third kappa shape index (κ3) is 5.31. The van der Waals surface area contributed by atoms with Gasteiger partial charge in [-0.15, -0.1) is 0 Å². The first kappa shape index (κ1) is 21.7. The van der Waals surface area contributed by atoms with Gasteiger partial charge in [0.25, 0.3) is 0 Å². The molecule has 0 bridgehead atoms. The second kappa shape index (κ2) is 9.64. The number of rotatable bonds is 9. The van der Waals surface area contributed by atoms with Gasteiger partial charge in [-0.1, -0.05) is 19.1 Å². The maximum absolute atomic E-state index is 6.19. The molecule has 0 radical (unpaired) electrons. The van der Waals surface area contributed by atoms with E-state index < -0.39 is 0 Å². The maximum Gasteiger partial charge on any atom is 0.118 e. The largest absolute Gasteiger partial charge is 0.497 e. The highest BCUT2D eigenvalue weighted by atomic mass is 16.5. The molecule has 4 heteroatoms. The minimum absolute atomic E-state index is 0.0475. The highest BCUT2D eigenvalue weighted by Gasteiger charge is 2.43. The summed E-state index contributed by atoms with van der Waals surface area (Å²) in [6, 6.07) is 17.1. The number of methoxy groups -OCH3 is 2. The van der Waals surface area contributed by atoms with E-state index in [4.69, 9.17) is 14.2 Å². The van der Waals surface area contributed by atoms with Crippen molar-refractivity contribution in [1.82, 2.24) is 0 Å². The third-order valence-electron chi connectivity index (χ3n) is 6.56. The highest BCUT2D eigenvalue weighted by Crippen LogP contribution is 2.45. The van der Waals surface area contributed by atoms with Gasteiger partial charge in [0.15, 0.2) is 0 Å². The summed E-state index contributed by atoms with van der Waals surface area (Å²) >= 11 is 0. The van der Waals surface area contributed by atoms with E-state index in [2.05, 4.69) is 55.6 Å². The molecule has 1 heterocycles. The van der Waals surface area contributed by atoms with Gasteiger partial charge >= 0.3 is 0 Å². The van der Waals surface area contributed by atoms with Crippen molar-refractivity contribution in [3.8, 4) is 11.5 Å². The fraction of sp³-hybridized carbons (Fsp3) is 0.520. The fourth-order valence-electron chi connectivity index (χ4n) is 4.53. The zero-order valence-corrected chi connectivity index (χ0v) is 18.4. The minimum Gasteiger partial charge on any atom is -0.497 e. The molecule has 3 rings (SSSR count). The van der Waals surface area contributed by atoms with Gasteiger partial charge < -0.3 is 19.5 Å². The topological polar surface area (TPSA) is 44.3 Å². The van der Waals surface area contributed by atoms with Crippen LogP contribution >= 0.6 is 0 Å². The van der Waals surface area contributed by atoms with E-state index in [9.17, 15) is 0 Å². The van der Waals surface area contributed by atoms with Crippen LogP contribution in [0.5, 0.6) is 11.5 Å². The molecule has 2 atom stereocenters. The summed E-state index contributed by atoms with van der Waals surface area (Å²) in [6.07, 6.45) is 4.33. The van der Waals surface area contributed by atoms with E-state index in [1.165, 1.54) is 11.1 Å². The first-order chi connectivity index (χ1) is 14.0. The smallest absolute Gasteiger partial charge is 0.118 e. The van der Waals surface area contributed by atoms with Crippen molar-refractivity contribution in [1.29, 1.82) is 0 Å². The Kier molecular flexibility index (Phi) is 7.20. The van der Waals surface area contributed by atoms with Crippen LogP contribution in [0.25, 0.3) is 0 Å². The fourth-order valence-corrected chi connectivity index (χ4v) is 4.53. The van der Waals surface area contributed by atoms with Crippen LogP contribution < -0.4 is 14.8 Å². The Bertz CT molecular complexity index is 759. The molecule has 0 aromatic heterocycles. The van der Waals surface area contributed by atoms with Crippen LogP contribution in [0.4, 0.5) is 0 Å². The normalized spacial score (nSPS) is 24.3. The molecule has 1 aliphatic heterocycles. The van der Waals surface area contributed by atoms with Gasteiger partial charge in [-0.2, -0.15) is 0 Å². The molecule has 158 valence electrons. The molecule has 1 aliphatic rings. The molecule has 2 aromatic rings. The molecule has 1 saturated heterocycles. The van der Waals surface area contributed by atoms with Crippen molar-refractivity contribution in [2.75, 3.05) is 27.4 Å². The van der Waals surface area contributed by atoms with Crippen molar-refractivity contribution in [3.05, 3.63) is 59.7 Å². The van der Waals surface area contributed by atoms with Gasteiger partial charge in [-0.25, -0.2) is 0 Å². The van der Waals surface area contributed by atoms with Crippen LogP contribution in [-0.2, 0) is 16.7 Å². The van der Waals surface area contributed by atoms with Crippen molar-refractivity contribution in [3.63, 3.8) is 0 Å². The number of quaternary nitrogens is 1. The zero-order valence-electron chi connectivity index (χ0n) is 18.4. The summed E-state index contributed by atoms with van der Waals surface area (Å²) in [5, 5.41) is 2.42. The molecule has 2 aromatic carbocycles. The van der Waals surface area contributed by atoms with Crippen LogP contribution in [0.15, 0.2) is 48.5 Å². The lowest BCUT2D eigenvalue weighted by Crippen LogP contribution is -2.83. The molecule has 0 aliphatic carbocycles. The second-order valence-electron chi connectivity index (χ2n) is 8.47. The Morgan fingerprint density at radius 3 is 2.17 bits per heavy atom. The first-order valence-electron chi connectivity index (χ1n) is 10.8. The Morgan fingerprint density at radius 2 is 1.59 bits per heavy atom. The Morgan fingerprint density at radius 1 is 0.966 bits per heavy atom. The average molecular weight is 399 g/mol. The number of hydrogen-bond acceptors (Lipinski definition) is 3. The lowest BCUT2D eigenvalue weighted by Gasteiger charge is -2.46. The molecule has 1 fully saturated rings. The van der Waals surface area contributed by atoms with Crippen molar-refractivity contribution in [2.45, 2.75) is 57.1 Å². The highest BCUT2D eigenvalue weighted by molar-refractivity contribution is 5.33. The lowest BCUT2D eigenvalue weighted by atomic mass is 9.66. The van der Waals surface area contributed by atoms with Gasteiger partial charge in [-0.05, 0) is 68.1 Å². The lowest BCUT2D eigenvalue weighted by molar-refractivity contribution is -0.672. The van der Waals surface area contributed by atoms with Gasteiger partial charge in [0.2, 0.25) is 0 Å². The molecule has 0 saturated carbocycles. The van der Waals surface area contributed by atoms with Crippen LogP contribution in [0.1, 0.15) is 50.7 Å². The van der Waals surface area contributed by atoms with Gasteiger partial charge in [0.05, 0.1) is 26.4 Å². The summed E-state index contributed by atoms with van der Waals surface area (Å²) in [5.74, 6) is 1.83. The number of ether oxygens (including phenoxy) is 3. The van der Waals surface area contributed by atoms with E-state index in [-0.39, 0.29) is 11.0 Å². The minimum atomic E-state index is -0.0475. The molecular formula is C25H36NO3+. The predicted octanol–water partition coefficient (Wildman–Crippen LogP) is 4.07. The number of benzene rings is 2. The molecule has 29 heavy (non-hydrogen) atoms. The third-order valence-corrected chi connectivity index (χ3v) is 6.56. The van der Waals surface area contributed by atoms with Crippen LogP contribution in [-0.4, -0.2) is 33.0 Å². The molecule has 0 spiro atoms. The average Bonchev–Trinajstić information content (AvgIpc) is 2.77. The molecule has 0 unspecified atom stereocenters. The van der Waals surface area contributed by atoms with E-state index in [0.29, 0.717) is 0 Å². The molecular weight excluding hydrogens is 362 g/mol. The molecule has 4 nitrogen and oxygen atoms in total. The van der Waals surface area contributed by atoms with Crippen molar-refractivity contribution >= 4 is 0 Å². The Balaban J connectivity index is 1.69.